The lowest BCUT2D eigenvalue weighted by atomic mass is 10.1. The fourth-order valence-electron chi connectivity index (χ4n) is 3.90. The standard InChI is InChI=1S/C22H27N5O3S/c1-17-23-22(25-24-17)21-16-27(31(28,29)20-11-6-10-19(14-20)30-2)13-7-12-26(21)15-18-8-4-3-5-9-18/h3-6,8-11,14,21H,7,12-13,15-16H2,1-2H3,(H,23,24,25). The minimum Gasteiger partial charge on any atom is -0.497 e. The molecule has 31 heavy (non-hydrogen) atoms. The summed E-state index contributed by atoms with van der Waals surface area (Å²) in [5.74, 6) is 1.84. The summed E-state index contributed by atoms with van der Waals surface area (Å²) < 4.78 is 33.7. The first-order chi connectivity index (χ1) is 15.0. The Bertz CT molecular complexity index is 1120. The number of rotatable bonds is 6. The van der Waals surface area contributed by atoms with Crippen molar-refractivity contribution in [2.75, 3.05) is 26.7 Å². The predicted octanol–water partition coefficient (Wildman–Crippen LogP) is 2.76. The van der Waals surface area contributed by atoms with Crippen LogP contribution in [0.1, 0.15) is 29.7 Å². The molecule has 0 spiro atoms. The van der Waals surface area contributed by atoms with E-state index in [0.29, 0.717) is 30.5 Å². The van der Waals surface area contributed by atoms with Gasteiger partial charge in [-0.2, -0.15) is 9.40 Å². The molecule has 0 radical (unpaired) electrons. The van der Waals surface area contributed by atoms with Crippen molar-refractivity contribution in [2.24, 2.45) is 0 Å². The summed E-state index contributed by atoms with van der Waals surface area (Å²) in [4.78, 5) is 7.03. The van der Waals surface area contributed by atoms with Crippen LogP contribution in [0.25, 0.3) is 0 Å². The predicted molar refractivity (Wildman–Crippen MR) is 117 cm³/mol. The number of H-pyrrole nitrogens is 1. The van der Waals surface area contributed by atoms with Crippen LogP contribution in [-0.2, 0) is 16.6 Å². The molecule has 3 aromatic rings. The number of ether oxygens (including phenoxy) is 1. The molecule has 9 heteroatoms. The number of aromatic amines is 1. The Morgan fingerprint density at radius 2 is 1.94 bits per heavy atom. The van der Waals surface area contributed by atoms with Gasteiger partial charge in [-0.15, -0.1) is 0 Å². The molecule has 8 nitrogen and oxygen atoms in total. The molecular formula is C22H27N5O3S. The van der Waals surface area contributed by atoms with Gasteiger partial charge in [0.05, 0.1) is 18.0 Å². The summed E-state index contributed by atoms with van der Waals surface area (Å²) in [7, 11) is -2.16. The third-order valence-electron chi connectivity index (χ3n) is 5.49. The summed E-state index contributed by atoms with van der Waals surface area (Å²) in [5.41, 5.74) is 1.17. The highest BCUT2D eigenvalue weighted by Crippen LogP contribution is 2.29. The second-order valence-electron chi connectivity index (χ2n) is 7.65. The summed E-state index contributed by atoms with van der Waals surface area (Å²) in [6.45, 7) is 4.01. The molecule has 1 N–H and O–H groups in total. The van der Waals surface area contributed by atoms with Crippen LogP contribution in [0, 0.1) is 6.92 Å². The van der Waals surface area contributed by atoms with Crippen molar-refractivity contribution in [3.05, 3.63) is 71.8 Å². The molecule has 1 atom stereocenters. The van der Waals surface area contributed by atoms with Crippen molar-refractivity contribution in [3.8, 4) is 5.75 Å². The summed E-state index contributed by atoms with van der Waals surface area (Å²) in [5, 5.41) is 7.27. The fraction of sp³-hybridized carbons (Fsp3) is 0.364. The highest BCUT2D eigenvalue weighted by atomic mass is 32.2. The number of hydrogen-bond acceptors (Lipinski definition) is 6. The van der Waals surface area contributed by atoms with E-state index in [-0.39, 0.29) is 17.5 Å². The van der Waals surface area contributed by atoms with Crippen molar-refractivity contribution in [3.63, 3.8) is 0 Å². The molecule has 1 saturated heterocycles. The molecule has 1 fully saturated rings. The lowest BCUT2D eigenvalue weighted by Gasteiger charge is -2.29. The van der Waals surface area contributed by atoms with Crippen molar-refractivity contribution >= 4 is 10.0 Å². The second-order valence-corrected chi connectivity index (χ2v) is 9.58. The number of sulfonamides is 1. The number of aryl methyl sites for hydroxylation is 1. The number of aromatic nitrogens is 3. The first-order valence-corrected chi connectivity index (χ1v) is 11.7. The highest BCUT2D eigenvalue weighted by molar-refractivity contribution is 7.89. The molecule has 2 aromatic carbocycles. The van der Waals surface area contributed by atoms with E-state index in [2.05, 4.69) is 32.2 Å². The molecule has 0 bridgehead atoms. The molecule has 1 aliphatic heterocycles. The van der Waals surface area contributed by atoms with Crippen LogP contribution in [0.4, 0.5) is 0 Å². The van der Waals surface area contributed by atoms with E-state index in [9.17, 15) is 8.42 Å². The van der Waals surface area contributed by atoms with Gasteiger partial charge in [-0.05, 0) is 31.0 Å². The molecule has 0 saturated carbocycles. The molecular weight excluding hydrogens is 414 g/mol. The third kappa shape index (κ3) is 4.79. The van der Waals surface area contributed by atoms with Crippen LogP contribution in [0.15, 0.2) is 59.5 Å². The molecule has 4 rings (SSSR count). The van der Waals surface area contributed by atoms with E-state index >= 15 is 0 Å². The Morgan fingerprint density at radius 1 is 1.13 bits per heavy atom. The zero-order chi connectivity index (χ0) is 21.8. The smallest absolute Gasteiger partial charge is 0.243 e. The van der Waals surface area contributed by atoms with Gasteiger partial charge in [-0.1, -0.05) is 36.4 Å². The molecule has 164 valence electrons. The van der Waals surface area contributed by atoms with Crippen LogP contribution in [0.3, 0.4) is 0 Å². The SMILES string of the molecule is COc1cccc(S(=O)(=O)N2CCCN(Cc3ccccc3)C(c3n[nH]c(C)n3)C2)c1. The average molecular weight is 442 g/mol. The number of methoxy groups -OCH3 is 1. The number of hydrogen-bond donors (Lipinski definition) is 1. The van der Waals surface area contributed by atoms with Crippen LogP contribution < -0.4 is 4.74 Å². The maximum atomic E-state index is 13.5. The molecule has 2 heterocycles. The Labute approximate surface area is 182 Å². The van der Waals surface area contributed by atoms with E-state index in [0.717, 1.165) is 13.0 Å². The topological polar surface area (TPSA) is 91.4 Å². The van der Waals surface area contributed by atoms with Crippen molar-refractivity contribution < 1.29 is 13.2 Å². The van der Waals surface area contributed by atoms with E-state index in [1.807, 2.05) is 25.1 Å². The zero-order valence-electron chi connectivity index (χ0n) is 17.7. The minimum atomic E-state index is -3.69. The van der Waals surface area contributed by atoms with Gasteiger partial charge in [-0.25, -0.2) is 13.4 Å². The highest BCUT2D eigenvalue weighted by Gasteiger charge is 2.35. The molecule has 1 aliphatic rings. The van der Waals surface area contributed by atoms with Crippen LogP contribution in [0.5, 0.6) is 5.75 Å². The Morgan fingerprint density at radius 3 is 2.65 bits per heavy atom. The van der Waals surface area contributed by atoms with Gasteiger partial charge in [0.2, 0.25) is 10.0 Å². The van der Waals surface area contributed by atoms with Gasteiger partial charge in [-0.3, -0.25) is 10.00 Å². The number of nitrogens with zero attached hydrogens (tertiary/aromatic N) is 4. The lowest BCUT2D eigenvalue weighted by molar-refractivity contribution is 0.184. The van der Waals surface area contributed by atoms with Gasteiger partial charge in [0.1, 0.15) is 11.6 Å². The lowest BCUT2D eigenvalue weighted by Crippen LogP contribution is -2.38. The monoisotopic (exact) mass is 441 g/mol. The van der Waals surface area contributed by atoms with E-state index in [1.54, 1.807) is 28.6 Å². The zero-order valence-corrected chi connectivity index (χ0v) is 18.5. The normalized spacial score (nSPS) is 18.6. The summed E-state index contributed by atoms with van der Waals surface area (Å²) >= 11 is 0. The Kier molecular flexibility index (Phi) is 6.35. The van der Waals surface area contributed by atoms with Gasteiger partial charge in [0.15, 0.2) is 5.82 Å². The molecule has 1 unspecified atom stereocenters. The van der Waals surface area contributed by atoms with Gasteiger partial charge in [0, 0.05) is 32.2 Å². The summed E-state index contributed by atoms with van der Waals surface area (Å²) in [6.07, 6.45) is 0.718. The van der Waals surface area contributed by atoms with Gasteiger partial charge < -0.3 is 4.74 Å². The first-order valence-electron chi connectivity index (χ1n) is 10.3. The Balaban J connectivity index is 1.66. The molecule has 0 amide bonds. The first kappa shape index (κ1) is 21.5. The third-order valence-corrected chi connectivity index (χ3v) is 7.35. The maximum absolute atomic E-state index is 13.5. The maximum Gasteiger partial charge on any atom is 0.243 e. The summed E-state index contributed by atoms with van der Waals surface area (Å²) in [6, 6.07) is 16.5. The van der Waals surface area contributed by atoms with Crippen LogP contribution >= 0.6 is 0 Å². The van der Waals surface area contributed by atoms with Crippen LogP contribution in [0.2, 0.25) is 0 Å². The van der Waals surface area contributed by atoms with Crippen molar-refractivity contribution in [1.29, 1.82) is 0 Å². The van der Waals surface area contributed by atoms with E-state index in [4.69, 9.17) is 4.74 Å². The molecule has 0 aliphatic carbocycles. The fourth-order valence-corrected chi connectivity index (χ4v) is 5.42. The quantitative estimate of drug-likeness (QED) is 0.633. The largest absolute Gasteiger partial charge is 0.497 e. The van der Waals surface area contributed by atoms with Gasteiger partial charge in [0.25, 0.3) is 0 Å². The Hall–Kier alpha value is -2.75. The van der Waals surface area contributed by atoms with Gasteiger partial charge >= 0.3 is 0 Å². The van der Waals surface area contributed by atoms with E-state index < -0.39 is 10.0 Å². The minimum absolute atomic E-state index is 0.230. The van der Waals surface area contributed by atoms with E-state index in [1.165, 1.54) is 12.7 Å². The van der Waals surface area contributed by atoms with Crippen LogP contribution in [-0.4, -0.2) is 59.5 Å². The van der Waals surface area contributed by atoms with Crippen molar-refractivity contribution in [1.82, 2.24) is 24.4 Å². The second kappa shape index (κ2) is 9.17. The van der Waals surface area contributed by atoms with Crippen molar-refractivity contribution in [2.45, 2.75) is 30.8 Å². The average Bonchev–Trinajstić information content (AvgIpc) is 3.10. The molecule has 1 aromatic heterocycles. The number of nitrogens with one attached hydrogen (secondary N) is 1. The number of benzene rings is 2.